The topological polar surface area (TPSA) is 0 Å². The van der Waals surface area contributed by atoms with Crippen molar-refractivity contribution >= 4 is 54.8 Å². The van der Waals surface area contributed by atoms with Gasteiger partial charge >= 0.3 is 0 Å². The van der Waals surface area contributed by atoms with Crippen LogP contribution in [0.5, 0.6) is 0 Å². The highest BCUT2D eigenvalue weighted by molar-refractivity contribution is 9.11. The molecule has 1 aromatic heterocycles. The Balaban J connectivity index is 2.17. The van der Waals surface area contributed by atoms with Gasteiger partial charge in [-0.25, -0.2) is 0 Å². The van der Waals surface area contributed by atoms with Gasteiger partial charge in [0.25, 0.3) is 0 Å². The van der Waals surface area contributed by atoms with Gasteiger partial charge in [0.2, 0.25) is 0 Å². The molecule has 4 heteroatoms. The molecule has 0 fully saturated rings. The molecule has 0 bridgehead atoms. The zero-order chi connectivity index (χ0) is 12.4. The number of halogens is 3. The summed E-state index contributed by atoms with van der Waals surface area (Å²) in [5.74, 6) is 0. The fourth-order valence-corrected chi connectivity index (χ4v) is 4.12. The van der Waals surface area contributed by atoms with Crippen molar-refractivity contribution in [3.05, 3.63) is 55.1 Å². The van der Waals surface area contributed by atoms with Crippen LogP contribution in [0.15, 0.2) is 34.1 Å². The van der Waals surface area contributed by atoms with E-state index in [0.717, 1.165) is 11.4 Å². The van der Waals surface area contributed by atoms with Gasteiger partial charge in [0.15, 0.2) is 0 Å². The monoisotopic (exact) mass is 392 g/mol. The van der Waals surface area contributed by atoms with Crippen molar-refractivity contribution in [1.29, 1.82) is 0 Å². The van der Waals surface area contributed by atoms with E-state index >= 15 is 0 Å². The molecule has 1 heterocycles. The lowest BCUT2D eigenvalue weighted by Gasteiger charge is -2.09. The molecule has 1 atom stereocenters. The van der Waals surface area contributed by atoms with Crippen LogP contribution in [0.4, 0.5) is 0 Å². The molecule has 0 aliphatic rings. The number of alkyl halides is 1. The van der Waals surface area contributed by atoms with Crippen LogP contribution in [0.3, 0.4) is 0 Å². The minimum absolute atomic E-state index is 0.317. The smallest absolute Gasteiger partial charge is 0.0730 e. The Morgan fingerprint density at radius 3 is 2.65 bits per heavy atom. The number of benzene rings is 1. The van der Waals surface area contributed by atoms with E-state index in [4.69, 9.17) is 11.6 Å². The van der Waals surface area contributed by atoms with Crippen molar-refractivity contribution < 1.29 is 0 Å². The third-order valence-corrected chi connectivity index (χ3v) is 6.28. The standard InChI is InChI=1S/C13H11Br2ClS/c1-8-6-12(17-13(8)15)10(14)7-9-4-2-3-5-11(9)16/h2-6,10H,7H2,1H3. The lowest BCUT2D eigenvalue weighted by Crippen LogP contribution is -1.93. The second-order valence-corrected chi connectivity index (χ2v) is 7.78. The fourth-order valence-electron chi connectivity index (χ4n) is 1.60. The minimum atomic E-state index is 0.317. The van der Waals surface area contributed by atoms with Crippen molar-refractivity contribution in [3.8, 4) is 0 Å². The Bertz CT molecular complexity index is 502. The zero-order valence-corrected chi connectivity index (χ0v) is 14.0. The molecule has 0 spiro atoms. The van der Waals surface area contributed by atoms with E-state index in [9.17, 15) is 0 Å². The van der Waals surface area contributed by atoms with Crippen LogP contribution in [0.2, 0.25) is 5.02 Å². The third kappa shape index (κ3) is 3.34. The molecular formula is C13H11Br2ClS. The maximum atomic E-state index is 6.17. The van der Waals surface area contributed by atoms with Crippen molar-refractivity contribution in [1.82, 2.24) is 0 Å². The third-order valence-electron chi connectivity index (χ3n) is 2.54. The number of aryl methyl sites for hydroxylation is 1. The first-order valence-corrected chi connectivity index (χ1v) is 8.11. The molecule has 0 amide bonds. The van der Waals surface area contributed by atoms with Gasteiger partial charge in [0.05, 0.1) is 8.61 Å². The maximum Gasteiger partial charge on any atom is 0.0730 e. The van der Waals surface area contributed by atoms with Crippen LogP contribution in [-0.2, 0) is 6.42 Å². The van der Waals surface area contributed by atoms with Crippen LogP contribution >= 0.6 is 54.8 Å². The Labute approximate surface area is 127 Å². The number of rotatable bonds is 3. The summed E-state index contributed by atoms with van der Waals surface area (Å²) in [6.07, 6.45) is 0.909. The van der Waals surface area contributed by atoms with Gasteiger partial charge in [-0.1, -0.05) is 45.7 Å². The molecule has 17 heavy (non-hydrogen) atoms. The summed E-state index contributed by atoms with van der Waals surface area (Å²) in [5.41, 5.74) is 2.46. The summed E-state index contributed by atoms with van der Waals surface area (Å²) in [4.78, 5) is 1.65. The first kappa shape index (κ1) is 13.6. The molecule has 0 nitrogen and oxygen atoms in total. The van der Waals surface area contributed by atoms with Gasteiger partial charge in [0, 0.05) is 9.90 Å². The average molecular weight is 395 g/mol. The minimum Gasteiger partial charge on any atom is -0.132 e. The maximum absolute atomic E-state index is 6.17. The zero-order valence-electron chi connectivity index (χ0n) is 9.21. The number of thiophene rings is 1. The SMILES string of the molecule is Cc1cc(C(Br)Cc2ccccc2Cl)sc1Br. The van der Waals surface area contributed by atoms with E-state index in [1.807, 2.05) is 18.2 Å². The molecule has 1 aromatic carbocycles. The van der Waals surface area contributed by atoms with Crippen LogP contribution in [0, 0.1) is 6.92 Å². The highest BCUT2D eigenvalue weighted by Gasteiger charge is 2.14. The van der Waals surface area contributed by atoms with Crippen molar-refractivity contribution in [2.24, 2.45) is 0 Å². The summed E-state index contributed by atoms with van der Waals surface area (Å²) in [6, 6.07) is 10.2. The van der Waals surface area contributed by atoms with E-state index in [-0.39, 0.29) is 0 Å². The van der Waals surface area contributed by atoms with E-state index in [2.05, 4.69) is 50.9 Å². The molecule has 2 rings (SSSR count). The van der Waals surface area contributed by atoms with Gasteiger partial charge in [0.1, 0.15) is 0 Å². The summed E-state index contributed by atoms with van der Waals surface area (Å²) in [5, 5.41) is 0.837. The van der Waals surface area contributed by atoms with Crippen LogP contribution < -0.4 is 0 Å². The predicted octanol–water partition coefficient (Wildman–Crippen LogP) is 6.15. The molecule has 0 saturated carbocycles. The fraction of sp³-hybridized carbons (Fsp3) is 0.231. The quantitative estimate of drug-likeness (QED) is 0.548. The summed E-state index contributed by atoms with van der Waals surface area (Å²) >= 11 is 15.2. The van der Waals surface area contributed by atoms with Gasteiger partial charge < -0.3 is 0 Å². The van der Waals surface area contributed by atoms with Gasteiger partial charge in [-0.2, -0.15) is 0 Å². The van der Waals surface area contributed by atoms with Crippen LogP contribution in [-0.4, -0.2) is 0 Å². The lowest BCUT2D eigenvalue weighted by atomic mass is 10.1. The van der Waals surface area contributed by atoms with Gasteiger partial charge in [-0.05, 0) is 52.5 Å². The molecule has 0 aliphatic heterocycles. The molecule has 2 aromatic rings. The van der Waals surface area contributed by atoms with E-state index in [1.54, 1.807) is 11.3 Å². The Hall–Kier alpha value is 0.170. The number of hydrogen-bond donors (Lipinski definition) is 0. The second kappa shape index (κ2) is 5.87. The molecule has 90 valence electrons. The van der Waals surface area contributed by atoms with E-state index < -0.39 is 0 Å². The Kier molecular flexibility index (Phi) is 4.70. The van der Waals surface area contributed by atoms with Crippen LogP contribution in [0.25, 0.3) is 0 Å². The van der Waals surface area contributed by atoms with E-state index in [0.29, 0.717) is 4.83 Å². The Morgan fingerprint density at radius 2 is 2.06 bits per heavy atom. The molecular weight excluding hydrogens is 383 g/mol. The first-order chi connectivity index (χ1) is 8.08. The normalized spacial score (nSPS) is 12.7. The number of hydrogen-bond acceptors (Lipinski definition) is 1. The first-order valence-electron chi connectivity index (χ1n) is 5.21. The van der Waals surface area contributed by atoms with Gasteiger partial charge in [-0.15, -0.1) is 11.3 Å². The molecule has 1 unspecified atom stereocenters. The predicted molar refractivity (Wildman–Crippen MR) is 83.6 cm³/mol. The molecule has 0 radical (unpaired) electrons. The van der Waals surface area contributed by atoms with Crippen molar-refractivity contribution in [3.63, 3.8) is 0 Å². The highest BCUT2D eigenvalue weighted by atomic mass is 79.9. The van der Waals surface area contributed by atoms with Crippen molar-refractivity contribution in [2.75, 3.05) is 0 Å². The van der Waals surface area contributed by atoms with E-state index in [1.165, 1.54) is 19.8 Å². The van der Waals surface area contributed by atoms with Crippen LogP contribution in [0.1, 0.15) is 20.8 Å². The Morgan fingerprint density at radius 1 is 1.35 bits per heavy atom. The lowest BCUT2D eigenvalue weighted by molar-refractivity contribution is 0.969. The van der Waals surface area contributed by atoms with Gasteiger partial charge in [-0.3, -0.25) is 0 Å². The average Bonchev–Trinajstić information content (AvgIpc) is 2.63. The summed E-state index contributed by atoms with van der Waals surface area (Å²) in [7, 11) is 0. The molecule has 0 saturated heterocycles. The highest BCUT2D eigenvalue weighted by Crippen LogP contribution is 2.37. The summed E-state index contributed by atoms with van der Waals surface area (Å²) in [6.45, 7) is 2.11. The summed E-state index contributed by atoms with van der Waals surface area (Å²) < 4.78 is 1.20. The second-order valence-electron chi connectivity index (χ2n) is 3.87. The van der Waals surface area contributed by atoms with Crippen molar-refractivity contribution in [2.45, 2.75) is 18.2 Å². The molecule has 0 N–H and O–H groups in total. The molecule has 0 aliphatic carbocycles. The largest absolute Gasteiger partial charge is 0.132 e.